The van der Waals surface area contributed by atoms with E-state index in [1.807, 2.05) is 0 Å². The smallest absolute Gasteiger partial charge is 0.413 e. The molecule has 1 aliphatic heterocycles. The van der Waals surface area contributed by atoms with Crippen LogP contribution in [-0.4, -0.2) is 87.0 Å². The molecule has 1 amide bonds. The molecule has 1 saturated heterocycles. The number of aromatic nitrogens is 4. The molecule has 4 rings (SSSR count). The number of anilines is 1. The first-order valence-corrected chi connectivity index (χ1v) is 17.8. The summed E-state index contributed by atoms with van der Waals surface area (Å²) in [6.07, 6.45) is -2.57. The number of amides is 1. The van der Waals surface area contributed by atoms with Crippen molar-refractivity contribution in [2.24, 2.45) is 10.8 Å². The summed E-state index contributed by atoms with van der Waals surface area (Å²) in [5, 5.41) is 23.6. The van der Waals surface area contributed by atoms with E-state index >= 15 is 0 Å². The third-order valence-corrected chi connectivity index (χ3v) is 13.1. The molecule has 0 spiro atoms. The Bertz CT molecular complexity index is 1420. The summed E-state index contributed by atoms with van der Waals surface area (Å²) in [6, 6.07) is 0. The molecule has 2 aromatic heterocycles. The molecule has 2 aromatic rings. The zero-order valence-corrected chi connectivity index (χ0v) is 26.3. The average molecular weight is 654 g/mol. The lowest BCUT2D eigenvalue weighted by molar-refractivity contribution is -0.0354. The molecular weight excluding hydrogens is 616 g/mol. The van der Waals surface area contributed by atoms with Gasteiger partial charge in [0.15, 0.2) is 23.2 Å². The van der Waals surface area contributed by atoms with Crippen LogP contribution in [0.2, 0.25) is 5.28 Å². The fourth-order valence-electron chi connectivity index (χ4n) is 6.04. The number of rotatable bonds is 10. The molecule has 18 heteroatoms. The van der Waals surface area contributed by atoms with Crippen molar-refractivity contribution in [1.29, 1.82) is 0 Å². The minimum Gasteiger partial charge on any atom is -0.445 e. The predicted octanol–water partition coefficient (Wildman–Crippen LogP) is 3.44. The van der Waals surface area contributed by atoms with E-state index in [2.05, 4.69) is 48.0 Å². The van der Waals surface area contributed by atoms with Crippen molar-refractivity contribution in [2.45, 2.75) is 90.4 Å². The van der Waals surface area contributed by atoms with Gasteiger partial charge in [0.2, 0.25) is 12.7 Å². The van der Waals surface area contributed by atoms with Crippen molar-refractivity contribution in [2.75, 3.05) is 17.4 Å². The first-order chi connectivity index (χ1) is 19.4. The van der Waals surface area contributed by atoms with E-state index < -0.39 is 57.7 Å². The molecule has 2 fully saturated rings. The zero-order valence-electron chi connectivity index (χ0n) is 23.8. The molecule has 3 heterocycles. The summed E-state index contributed by atoms with van der Waals surface area (Å²) in [4.78, 5) is 53.5. The molecule has 2 aliphatic rings. The van der Waals surface area contributed by atoms with Gasteiger partial charge in [0.05, 0.1) is 12.4 Å². The number of imidazole rings is 1. The second-order valence-corrected chi connectivity index (χ2v) is 16.9. The molecule has 6 unspecified atom stereocenters. The van der Waals surface area contributed by atoms with E-state index in [0.717, 1.165) is 25.7 Å². The molecular formula is C24H38ClN5O10P2. The number of ether oxygens (including phenoxy) is 2. The zero-order chi connectivity index (χ0) is 31.3. The second kappa shape index (κ2) is 12.0. The van der Waals surface area contributed by atoms with Crippen molar-refractivity contribution in [3.05, 3.63) is 11.6 Å². The van der Waals surface area contributed by atoms with Crippen molar-refractivity contribution >= 4 is 49.6 Å². The van der Waals surface area contributed by atoms with Gasteiger partial charge in [-0.25, -0.2) is 9.78 Å². The van der Waals surface area contributed by atoms with Crippen molar-refractivity contribution in [3.63, 3.8) is 0 Å². The molecule has 0 aromatic carbocycles. The van der Waals surface area contributed by atoms with Gasteiger partial charge in [-0.3, -0.25) is 19.0 Å². The molecule has 15 nitrogen and oxygen atoms in total. The van der Waals surface area contributed by atoms with Crippen LogP contribution in [0.1, 0.15) is 66.0 Å². The van der Waals surface area contributed by atoms with Gasteiger partial charge in [0.1, 0.15) is 24.2 Å². The van der Waals surface area contributed by atoms with E-state index in [1.165, 1.54) is 10.9 Å². The van der Waals surface area contributed by atoms with Crippen LogP contribution in [0.25, 0.3) is 11.2 Å². The number of carbonyl (C=O) groups is 1. The van der Waals surface area contributed by atoms with Gasteiger partial charge in [-0.1, -0.05) is 34.1 Å². The quantitative estimate of drug-likeness (QED) is 0.160. The summed E-state index contributed by atoms with van der Waals surface area (Å²) >= 11 is 6.15. The van der Waals surface area contributed by atoms with Gasteiger partial charge in [-0.2, -0.15) is 9.97 Å². The molecule has 0 bridgehead atoms. The fraction of sp³-hybridized carbons (Fsp3) is 0.750. The average Bonchev–Trinajstić information content (AvgIpc) is 3.45. The number of nitrogens with one attached hydrogen (secondary N) is 1. The standard InChI is InChI=1S/C24H38ClN5O10P2/c1-5-8-24(4)14(6-9-23(24,2)3)40-22(33)28-18-15-19(29-21(25)27-18)30(11-26-15)20-17(32)16(31)13(39-20)7-10-41(34,35)12-42(36,37)38/h11,13-14,16-17,20,31-32H,5-10,12H2,1-4H3,(H,34,35)(H2,36,37,38)(H,27,28,29,33)/t13?,14?,16?,17?,20?,24-/m0/s1. The van der Waals surface area contributed by atoms with Crippen LogP contribution in [0.5, 0.6) is 0 Å². The monoisotopic (exact) mass is 653 g/mol. The third kappa shape index (κ3) is 6.85. The molecule has 0 radical (unpaired) electrons. The highest BCUT2D eigenvalue weighted by molar-refractivity contribution is 7.72. The topological polar surface area (TPSA) is 226 Å². The highest BCUT2D eigenvalue weighted by atomic mass is 35.5. The Morgan fingerprint density at radius 1 is 1.21 bits per heavy atom. The summed E-state index contributed by atoms with van der Waals surface area (Å²) in [7, 11) is -8.98. The van der Waals surface area contributed by atoms with Gasteiger partial charge in [-0.05, 0) is 42.7 Å². The van der Waals surface area contributed by atoms with E-state index in [9.17, 15) is 29.0 Å². The number of aliphatic hydroxyl groups excluding tert-OH is 2. The van der Waals surface area contributed by atoms with Gasteiger partial charge in [0, 0.05) is 11.6 Å². The Balaban J connectivity index is 1.51. The normalized spacial score (nSPS) is 30.9. The van der Waals surface area contributed by atoms with Crippen molar-refractivity contribution < 1.29 is 48.3 Å². The number of halogens is 1. The molecule has 1 aliphatic carbocycles. The van der Waals surface area contributed by atoms with E-state index in [-0.39, 0.29) is 45.6 Å². The highest BCUT2D eigenvalue weighted by Gasteiger charge is 2.53. The van der Waals surface area contributed by atoms with Gasteiger partial charge < -0.3 is 34.4 Å². The minimum atomic E-state index is -4.74. The number of fused-ring (bicyclic) bond motifs is 1. The fourth-order valence-corrected chi connectivity index (χ4v) is 9.73. The van der Waals surface area contributed by atoms with Crippen LogP contribution in [-0.2, 0) is 18.6 Å². The van der Waals surface area contributed by atoms with Crippen LogP contribution in [0, 0.1) is 10.8 Å². The number of aliphatic hydroxyl groups is 2. The summed E-state index contributed by atoms with van der Waals surface area (Å²) in [6.45, 7) is 8.58. The van der Waals surface area contributed by atoms with E-state index in [1.54, 1.807) is 0 Å². The Labute approximate surface area is 247 Å². The molecule has 236 valence electrons. The number of hydrogen-bond donors (Lipinski definition) is 6. The lowest BCUT2D eigenvalue weighted by atomic mass is 9.66. The van der Waals surface area contributed by atoms with Gasteiger partial charge in [-0.15, -0.1) is 0 Å². The van der Waals surface area contributed by atoms with E-state index in [4.69, 9.17) is 30.9 Å². The number of hydrogen-bond acceptors (Lipinski definition) is 10. The maximum Gasteiger partial charge on any atom is 0.413 e. The molecule has 42 heavy (non-hydrogen) atoms. The molecule has 7 atom stereocenters. The minimum absolute atomic E-state index is 0.0173. The van der Waals surface area contributed by atoms with Crippen LogP contribution in [0.3, 0.4) is 0 Å². The number of carbonyl (C=O) groups excluding carboxylic acids is 1. The Morgan fingerprint density at radius 2 is 1.90 bits per heavy atom. The number of nitrogens with zero attached hydrogens (tertiary/aromatic N) is 4. The lowest BCUT2D eigenvalue weighted by Crippen LogP contribution is -2.40. The van der Waals surface area contributed by atoms with Crippen LogP contribution in [0.15, 0.2) is 6.33 Å². The Hall–Kier alpha value is -1.67. The first kappa shape index (κ1) is 33.2. The van der Waals surface area contributed by atoms with Crippen molar-refractivity contribution in [1.82, 2.24) is 19.5 Å². The van der Waals surface area contributed by atoms with E-state index in [0.29, 0.717) is 0 Å². The van der Waals surface area contributed by atoms with Crippen LogP contribution >= 0.6 is 26.6 Å². The maximum absolute atomic E-state index is 13.0. The first-order valence-electron chi connectivity index (χ1n) is 13.6. The largest absolute Gasteiger partial charge is 0.445 e. The predicted molar refractivity (Wildman–Crippen MR) is 152 cm³/mol. The van der Waals surface area contributed by atoms with Crippen LogP contribution in [0.4, 0.5) is 10.6 Å². The molecule has 6 N–H and O–H groups in total. The molecule has 1 saturated carbocycles. The summed E-state index contributed by atoms with van der Waals surface area (Å²) in [5.41, 5.74) is -0.0629. The summed E-state index contributed by atoms with van der Waals surface area (Å²) in [5.74, 6) is -1.24. The SMILES string of the molecule is CCC[C@@]1(C)C(OC(=O)Nc2nc(Cl)nc3c2ncn3C2OC(CCP(=O)(O)CP(=O)(O)O)C(O)C2O)CCC1(C)C. The third-order valence-electron chi connectivity index (χ3n) is 8.70. The Morgan fingerprint density at radius 3 is 2.55 bits per heavy atom. The van der Waals surface area contributed by atoms with Gasteiger partial charge >= 0.3 is 13.7 Å². The summed E-state index contributed by atoms with van der Waals surface area (Å²) < 4.78 is 36.3. The Kier molecular flexibility index (Phi) is 9.51. The van der Waals surface area contributed by atoms with Gasteiger partial charge in [0.25, 0.3) is 0 Å². The van der Waals surface area contributed by atoms with Crippen molar-refractivity contribution in [3.8, 4) is 0 Å². The van der Waals surface area contributed by atoms with Crippen LogP contribution < -0.4 is 5.32 Å². The lowest BCUT2D eigenvalue weighted by Gasteiger charge is -2.41. The highest BCUT2D eigenvalue weighted by Crippen LogP contribution is 2.57. The maximum atomic E-state index is 13.0. The second-order valence-electron chi connectivity index (χ2n) is 12.0.